The molecule has 2 N–H and O–H groups in total. The maximum atomic E-state index is 12.7. The molecule has 2 aliphatic heterocycles. The number of carbonyl (C=O) groups excluding carboxylic acids is 2. The van der Waals surface area contributed by atoms with Crippen molar-refractivity contribution < 1.29 is 9.59 Å². The summed E-state index contributed by atoms with van der Waals surface area (Å²) in [4.78, 5) is 26.4. The lowest BCUT2D eigenvalue weighted by molar-refractivity contribution is -0.126. The fourth-order valence-corrected chi connectivity index (χ4v) is 3.03. The van der Waals surface area contributed by atoms with Gasteiger partial charge in [0.2, 0.25) is 0 Å². The highest BCUT2D eigenvalue weighted by Crippen LogP contribution is 2.32. The van der Waals surface area contributed by atoms with Crippen molar-refractivity contribution in [3.63, 3.8) is 0 Å². The first-order valence-corrected chi connectivity index (χ1v) is 7.62. The zero-order valence-electron chi connectivity index (χ0n) is 13.1. The third-order valence-electron chi connectivity index (χ3n) is 4.02. The van der Waals surface area contributed by atoms with Gasteiger partial charge < -0.3 is 15.5 Å². The van der Waals surface area contributed by atoms with Gasteiger partial charge in [0.1, 0.15) is 0 Å². The van der Waals surface area contributed by atoms with Crippen LogP contribution in [0.5, 0.6) is 0 Å². The SMILES string of the molecule is Cc1ccc(C2NC(=O)NC3=C2C(=O)N(CC(C)C)C3)cc1. The number of benzene rings is 1. The normalized spacial score (nSPS) is 21.1. The van der Waals surface area contributed by atoms with Crippen molar-refractivity contribution in [3.8, 4) is 0 Å². The maximum absolute atomic E-state index is 12.7. The molecular weight excluding hydrogens is 278 g/mol. The Bertz CT molecular complexity index is 646. The Kier molecular flexibility index (Phi) is 3.64. The molecule has 2 aliphatic rings. The zero-order valence-corrected chi connectivity index (χ0v) is 13.1. The van der Waals surface area contributed by atoms with Gasteiger partial charge in [0, 0.05) is 6.54 Å². The van der Waals surface area contributed by atoms with Crippen molar-refractivity contribution in [2.24, 2.45) is 5.92 Å². The number of aryl methyl sites for hydroxylation is 1. The average molecular weight is 299 g/mol. The summed E-state index contributed by atoms with van der Waals surface area (Å²) >= 11 is 0. The quantitative estimate of drug-likeness (QED) is 0.898. The lowest BCUT2D eigenvalue weighted by Gasteiger charge is -2.25. The van der Waals surface area contributed by atoms with Crippen molar-refractivity contribution in [2.45, 2.75) is 26.8 Å². The zero-order chi connectivity index (χ0) is 15.9. The molecule has 5 heteroatoms. The Hall–Kier alpha value is -2.30. The van der Waals surface area contributed by atoms with Crippen molar-refractivity contribution in [3.05, 3.63) is 46.7 Å². The first kappa shape index (κ1) is 14.6. The van der Waals surface area contributed by atoms with Crippen LogP contribution in [0.1, 0.15) is 31.0 Å². The van der Waals surface area contributed by atoms with Gasteiger partial charge in [0.05, 0.1) is 23.9 Å². The van der Waals surface area contributed by atoms with Crippen molar-refractivity contribution >= 4 is 11.9 Å². The molecule has 3 rings (SSSR count). The maximum Gasteiger partial charge on any atom is 0.319 e. The number of amides is 3. The molecule has 0 fully saturated rings. The van der Waals surface area contributed by atoms with Gasteiger partial charge >= 0.3 is 6.03 Å². The van der Waals surface area contributed by atoms with Gasteiger partial charge in [-0.1, -0.05) is 43.7 Å². The summed E-state index contributed by atoms with van der Waals surface area (Å²) in [5.41, 5.74) is 3.49. The van der Waals surface area contributed by atoms with Crippen LogP contribution in [0, 0.1) is 12.8 Å². The summed E-state index contributed by atoms with van der Waals surface area (Å²) in [6, 6.07) is 7.31. The van der Waals surface area contributed by atoms with E-state index in [2.05, 4.69) is 24.5 Å². The number of hydrogen-bond donors (Lipinski definition) is 2. The Morgan fingerprint density at radius 3 is 2.55 bits per heavy atom. The van der Waals surface area contributed by atoms with Gasteiger partial charge in [-0.15, -0.1) is 0 Å². The third-order valence-corrected chi connectivity index (χ3v) is 4.02. The summed E-state index contributed by atoms with van der Waals surface area (Å²) in [7, 11) is 0. The van der Waals surface area contributed by atoms with E-state index in [4.69, 9.17) is 0 Å². The van der Waals surface area contributed by atoms with E-state index in [-0.39, 0.29) is 18.0 Å². The van der Waals surface area contributed by atoms with Crippen LogP contribution in [0.2, 0.25) is 0 Å². The minimum Gasteiger partial charge on any atom is -0.333 e. The summed E-state index contributed by atoms with van der Waals surface area (Å²) < 4.78 is 0. The largest absolute Gasteiger partial charge is 0.333 e. The van der Waals surface area contributed by atoms with E-state index >= 15 is 0 Å². The molecule has 1 aromatic carbocycles. The van der Waals surface area contributed by atoms with Crippen LogP contribution >= 0.6 is 0 Å². The number of nitrogens with zero attached hydrogens (tertiary/aromatic N) is 1. The van der Waals surface area contributed by atoms with Crippen LogP contribution in [0.15, 0.2) is 35.5 Å². The smallest absolute Gasteiger partial charge is 0.319 e. The molecule has 2 heterocycles. The highest BCUT2D eigenvalue weighted by atomic mass is 16.2. The van der Waals surface area contributed by atoms with Gasteiger partial charge in [0.25, 0.3) is 5.91 Å². The number of carbonyl (C=O) groups is 2. The minimum atomic E-state index is -0.367. The van der Waals surface area contributed by atoms with Crippen LogP contribution < -0.4 is 10.6 Å². The number of urea groups is 1. The van der Waals surface area contributed by atoms with Crippen LogP contribution in [-0.2, 0) is 4.79 Å². The van der Waals surface area contributed by atoms with E-state index in [0.717, 1.165) is 16.8 Å². The van der Waals surface area contributed by atoms with Gasteiger partial charge in [-0.3, -0.25) is 4.79 Å². The molecule has 0 radical (unpaired) electrons. The van der Waals surface area contributed by atoms with Crippen molar-refractivity contribution in [2.75, 3.05) is 13.1 Å². The summed E-state index contributed by atoms with van der Waals surface area (Å²) in [6.45, 7) is 7.36. The molecule has 0 aliphatic carbocycles. The molecule has 5 nitrogen and oxygen atoms in total. The van der Waals surface area contributed by atoms with E-state index in [0.29, 0.717) is 24.6 Å². The van der Waals surface area contributed by atoms with Gasteiger partial charge in [0.15, 0.2) is 0 Å². The molecule has 3 amide bonds. The molecule has 0 aromatic heterocycles. The highest BCUT2D eigenvalue weighted by Gasteiger charge is 2.40. The highest BCUT2D eigenvalue weighted by molar-refractivity contribution is 6.01. The standard InChI is InChI=1S/C17H21N3O2/c1-10(2)8-20-9-13-14(16(20)21)15(19-17(22)18-13)12-6-4-11(3)5-7-12/h4-7,10,15H,8-9H2,1-3H3,(H2,18,19,22). The predicted molar refractivity (Wildman–Crippen MR) is 84.0 cm³/mol. The third kappa shape index (κ3) is 2.58. The van der Waals surface area contributed by atoms with Crippen LogP contribution in [-0.4, -0.2) is 29.9 Å². The van der Waals surface area contributed by atoms with Crippen molar-refractivity contribution in [1.82, 2.24) is 15.5 Å². The molecule has 0 spiro atoms. The topological polar surface area (TPSA) is 61.4 Å². The Balaban J connectivity index is 1.94. The second kappa shape index (κ2) is 5.48. The Morgan fingerprint density at radius 1 is 1.23 bits per heavy atom. The molecule has 0 bridgehead atoms. The summed E-state index contributed by atoms with van der Waals surface area (Å²) in [5.74, 6) is 0.411. The minimum absolute atomic E-state index is 0.0155. The van der Waals surface area contributed by atoms with E-state index in [1.165, 1.54) is 0 Å². The first-order valence-electron chi connectivity index (χ1n) is 7.62. The van der Waals surface area contributed by atoms with Crippen LogP contribution in [0.4, 0.5) is 4.79 Å². The van der Waals surface area contributed by atoms with E-state index in [1.807, 2.05) is 36.1 Å². The molecule has 0 saturated carbocycles. The molecular formula is C17H21N3O2. The number of rotatable bonds is 3. The Morgan fingerprint density at radius 2 is 1.91 bits per heavy atom. The van der Waals surface area contributed by atoms with Crippen LogP contribution in [0.3, 0.4) is 0 Å². The molecule has 0 saturated heterocycles. The Labute approximate surface area is 130 Å². The first-order chi connectivity index (χ1) is 10.5. The van der Waals surface area contributed by atoms with Crippen LogP contribution in [0.25, 0.3) is 0 Å². The van der Waals surface area contributed by atoms with Crippen molar-refractivity contribution in [1.29, 1.82) is 0 Å². The fourth-order valence-electron chi connectivity index (χ4n) is 3.03. The van der Waals surface area contributed by atoms with Gasteiger partial charge in [-0.25, -0.2) is 4.79 Å². The fraction of sp³-hybridized carbons (Fsp3) is 0.412. The second-order valence-corrected chi connectivity index (χ2v) is 6.41. The lowest BCUT2D eigenvalue weighted by atomic mass is 9.95. The second-order valence-electron chi connectivity index (χ2n) is 6.41. The number of nitrogens with one attached hydrogen (secondary N) is 2. The average Bonchev–Trinajstić information content (AvgIpc) is 2.74. The molecule has 116 valence electrons. The number of hydrogen-bond acceptors (Lipinski definition) is 2. The predicted octanol–water partition coefficient (Wildman–Crippen LogP) is 2.10. The molecule has 22 heavy (non-hydrogen) atoms. The van der Waals surface area contributed by atoms with Gasteiger partial charge in [-0.2, -0.15) is 0 Å². The molecule has 1 unspecified atom stereocenters. The monoisotopic (exact) mass is 299 g/mol. The van der Waals surface area contributed by atoms with E-state index < -0.39 is 0 Å². The molecule has 1 atom stereocenters. The van der Waals surface area contributed by atoms with Gasteiger partial charge in [-0.05, 0) is 18.4 Å². The summed E-state index contributed by atoms with van der Waals surface area (Å²) in [5, 5.41) is 5.66. The lowest BCUT2D eigenvalue weighted by Crippen LogP contribution is -2.44. The van der Waals surface area contributed by atoms with E-state index in [9.17, 15) is 9.59 Å². The summed E-state index contributed by atoms with van der Waals surface area (Å²) in [6.07, 6.45) is 0. The van der Waals surface area contributed by atoms with E-state index in [1.54, 1.807) is 0 Å². The molecule has 1 aromatic rings.